The number of carbonyl (C=O) groups excluding carboxylic acids is 2. The van der Waals surface area contributed by atoms with Crippen molar-refractivity contribution < 1.29 is 9.59 Å². The zero-order valence-electron chi connectivity index (χ0n) is 14.7. The first-order valence-corrected chi connectivity index (χ1v) is 8.27. The molecule has 0 saturated heterocycles. The number of aryl methyl sites for hydroxylation is 1. The van der Waals surface area contributed by atoms with E-state index < -0.39 is 0 Å². The maximum Gasteiger partial charge on any atom is 0.258 e. The van der Waals surface area contributed by atoms with Gasteiger partial charge in [0.05, 0.1) is 0 Å². The SMILES string of the molecule is Cc1ccc(C(=O)Nc2c[c]cc(C(=O)N(C)c3ccccc3)c2)cc1. The predicted molar refractivity (Wildman–Crippen MR) is 104 cm³/mol. The van der Waals surface area contributed by atoms with Gasteiger partial charge in [-0.2, -0.15) is 0 Å². The fourth-order valence-electron chi connectivity index (χ4n) is 2.54. The van der Waals surface area contributed by atoms with Crippen molar-refractivity contribution in [1.29, 1.82) is 0 Å². The Morgan fingerprint density at radius 1 is 0.923 bits per heavy atom. The van der Waals surface area contributed by atoms with E-state index in [4.69, 9.17) is 0 Å². The van der Waals surface area contributed by atoms with Crippen LogP contribution in [0.15, 0.2) is 72.8 Å². The highest BCUT2D eigenvalue weighted by atomic mass is 16.2. The van der Waals surface area contributed by atoms with Crippen LogP contribution >= 0.6 is 0 Å². The van der Waals surface area contributed by atoms with Crippen molar-refractivity contribution in [1.82, 2.24) is 0 Å². The van der Waals surface area contributed by atoms with E-state index in [1.807, 2.05) is 49.4 Å². The van der Waals surface area contributed by atoms with Gasteiger partial charge < -0.3 is 10.2 Å². The molecule has 4 nitrogen and oxygen atoms in total. The van der Waals surface area contributed by atoms with Crippen LogP contribution in [0.25, 0.3) is 0 Å². The maximum absolute atomic E-state index is 12.7. The molecule has 3 aromatic rings. The van der Waals surface area contributed by atoms with Gasteiger partial charge in [-0.1, -0.05) is 35.9 Å². The second-order valence-electron chi connectivity index (χ2n) is 6.03. The summed E-state index contributed by atoms with van der Waals surface area (Å²) in [4.78, 5) is 26.6. The third-order valence-electron chi connectivity index (χ3n) is 4.06. The molecule has 0 heterocycles. The second kappa shape index (κ2) is 7.66. The van der Waals surface area contributed by atoms with Crippen LogP contribution in [-0.4, -0.2) is 18.9 Å². The van der Waals surface area contributed by atoms with E-state index in [9.17, 15) is 9.59 Å². The molecule has 26 heavy (non-hydrogen) atoms. The number of nitrogens with one attached hydrogen (secondary N) is 1. The van der Waals surface area contributed by atoms with Gasteiger partial charge in [-0.05, 0) is 55.5 Å². The lowest BCUT2D eigenvalue weighted by molar-refractivity contribution is 0.0990. The lowest BCUT2D eigenvalue weighted by Crippen LogP contribution is -2.26. The van der Waals surface area contributed by atoms with Crippen molar-refractivity contribution >= 4 is 23.2 Å². The van der Waals surface area contributed by atoms with E-state index in [1.165, 1.54) is 0 Å². The monoisotopic (exact) mass is 343 g/mol. The predicted octanol–water partition coefficient (Wildman–Crippen LogP) is 4.32. The molecule has 0 unspecified atom stereocenters. The van der Waals surface area contributed by atoms with E-state index in [0.29, 0.717) is 16.8 Å². The summed E-state index contributed by atoms with van der Waals surface area (Å²) in [7, 11) is 1.72. The topological polar surface area (TPSA) is 49.4 Å². The average Bonchev–Trinajstić information content (AvgIpc) is 2.68. The molecule has 0 saturated carbocycles. The molecule has 1 N–H and O–H groups in total. The molecular weight excluding hydrogens is 324 g/mol. The zero-order chi connectivity index (χ0) is 18.5. The molecule has 0 atom stereocenters. The number of anilines is 2. The van der Waals surface area contributed by atoms with Crippen LogP contribution in [0.4, 0.5) is 11.4 Å². The summed E-state index contributed by atoms with van der Waals surface area (Å²) in [5, 5.41) is 2.81. The van der Waals surface area contributed by atoms with Crippen molar-refractivity contribution in [2.75, 3.05) is 17.3 Å². The van der Waals surface area contributed by atoms with Gasteiger partial charge >= 0.3 is 0 Å². The summed E-state index contributed by atoms with van der Waals surface area (Å²) >= 11 is 0. The molecule has 0 aliphatic heterocycles. The van der Waals surface area contributed by atoms with Crippen molar-refractivity contribution in [3.8, 4) is 0 Å². The quantitative estimate of drug-likeness (QED) is 0.767. The van der Waals surface area contributed by atoms with Gasteiger partial charge in [-0.3, -0.25) is 9.59 Å². The molecule has 0 aliphatic carbocycles. The highest BCUT2D eigenvalue weighted by Gasteiger charge is 2.14. The molecule has 3 rings (SSSR count). The number of benzene rings is 3. The molecule has 0 spiro atoms. The summed E-state index contributed by atoms with van der Waals surface area (Å²) in [6.45, 7) is 1.97. The number of hydrogen-bond acceptors (Lipinski definition) is 2. The third-order valence-corrected chi connectivity index (χ3v) is 4.06. The first kappa shape index (κ1) is 17.4. The fourth-order valence-corrected chi connectivity index (χ4v) is 2.54. The van der Waals surface area contributed by atoms with Gasteiger partial charge in [0.25, 0.3) is 11.8 Å². The average molecular weight is 343 g/mol. The Morgan fingerprint density at radius 2 is 1.62 bits per heavy atom. The minimum absolute atomic E-state index is 0.168. The number of amides is 2. The minimum Gasteiger partial charge on any atom is -0.322 e. The number of hydrogen-bond donors (Lipinski definition) is 1. The molecule has 2 amide bonds. The molecule has 4 heteroatoms. The summed E-state index contributed by atoms with van der Waals surface area (Å²) in [5.41, 5.74) is 3.44. The Hall–Kier alpha value is -3.40. The van der Waals surface area contributed by atoms with Gasteiger partial charge in [0.1, 0.15) is 0 Å². The maximum atomic E-state index is 12.7. The Morgan fingerprint density at radius 3 is 2.31 bits per heavy atom. The summed E-state index contributed by atoms with van der Waals surface area (Å²) < 4.78 is 0. The molecule has 0 fully saturated rings. The molecule has 0 bridgehead atoms. The van der Waals surface area contributed by atoms with Crippen LogP contribution in [0, 0.1) is 13.0 Å². The summed E-state index contributed by atoms with van der Waals surface area (Å²) in [5.74, 6) is -0.390. The van der Waals surface area contributed by atoms with E-state index in [1.54, 1.807) is 42.3 Å². The second-order valence-corrected chi connectivity index (χ2v) is 6.03. The fraction of sp³-hybridized carbons (Fsp3) is 0.0909. The molecule has 3 aromatic carbocycles. The summed E-state index contributed by atoms with van der Waals surface area (Å²) in [6, 6.07) is 24.5. The number of rotatable bonds is 4. The molecule has 129 valence electrons. The molecule has 0 aromatic heterocycles. The van der Waals surface area contributed by atoms with Crippen molar-refractivity contribution in [2.45, 2.75) is 6.92 Å². The van der Waals surface area contributed by atoms with E-state index in [2.05, 4.69) is 11.4 Å². The highest BCUT2D eigenvalue weighted by molar-refractivity contribution is 6.08. The van der Waals surface area contributed by atoms with Gasteiger partial charge in [0.2, 0.25) is 0 Å². The smallest absolute Gasteiger partial charge is 0.258 e. The van der Waals surface area contributed by atoms with Crippen LogP contribution in [0.5, 0.6) is 0 Å². The lowest BCUT2D eigenvalue weighted by atomic mass is 10.1. The van der Waals surface area contributed by atoms with Crippen LogP contribution in [0.3, 0.4) is 0 Å². The van der Waals surface area contributed by atoms with Gasteiger partial charge in [-0.25, -0.2) is 0 Å². The van der Waals surface area contributed by atoms with Gasteiger partial charge in [-0.15, -0.1) is 0 Å². The van der Waals surface area contributed by atoms with E-state index in [0.717, 1.165) is 11.3 Å². The third kappa shape index (κ3) is 3.98. The first-order chi connectivity index (χ1) is 12.5. The van der Waals surface area contributed by atoms with Crippen molar-refractivity contribution in [2.24, 2.45) is 0 Å². The zero-order valence-corrected chi connectivity index (χ0v) is 14.7. The largest absolute Gasteiger partial charge is 0.322 e. The van der Waals surface area contributed by atoms with Crippen LogP contribution in [-0.2, 0) is 0 Å². The Labute approximate surface area is 153 Å². The van der Waals surface area contributed by atoms with Crippen LogP contribution in [0.1, 0.15) is 26.3 Å². The van der Waals surface area contributed by atoms with E-state index >= 15 is 0 Å². The first-order valence-electron chi connectivity index (χ1n) is 8.27. The minimum atomic E-state index is -0.223. The number of carbonyl (C=O) groups is 2. The Balaban J connectivity index is 1.76. The normalized spacial score (nSPS) is 10.2. The van der Waals surface area contributed by atoms with Crippen molar-refractivity contribution in [3.63, 3.8) is 0 Å². The standard InChI is InChI=1S/C22H19N2O2/c1-16-11-13-17(14-12-16)21(25)23-19-8-6-7-18(15-19)22(26)24(2)20-9-4-3-5-10-20/h3-5,7-15H,1-2H3,(H,23,25). The molecular formula is C22H19N2O2. The Kier molecular flexibility index (Phi) is 5.13. The van der Waals surface area contributed by atoms with E-state index in [-0.39, 0.29) is 11.8 Å². The number of para-hydroxylation sites is 1. The number of nitrogens with zero attached hydrogens (tertiary/aromatic N) is 1. The van der Waals surface area contributed by atoms with Gasteiger partial charge in [0, 0.05) is 29.5 Å². The molecule has 1 radical (unpaired) electrons. The molecule has 0 aliphatic rings. The van der Waals surface area contributed by atoms with Crippen LogP contribution in [0.2, 0.25) is 0 Å². The lowest BCUT2D eigenvalue weighted by Gasteiger charge is -2.17. The highest BCUT2D eigenvalue weighted by Crippen LogP contribution is 2.18. The van der Waals surface area contributed by atoms with Gasteiger partial charge in [0.15, 0.2) is 0 Å². The van der Waals surface area contributed by atoms with Crippen molar-refractivity contribution in [3.05, 3.63) is 95.6 Å². The van der Waals surface area contributed by atoms with Crippen LogP contribution < -0.4 is 10.2 Å². The Bertz CT molecular complexity index is 918. The summed E-state index contributed by atoms with van der Waals surface area (Å²) in [6.07, 6.45) is 0.